The predicted octanol–water partition coefficient (Wildman–Crippen LogP) is 4.44. The normalized spacial score (nSPS) is 17.4. The molecule has 0 unspecified atom stereocenters. The Morgan fingerprint density at radius 1 is 1.03 bits per heavy atom. The number of hydrogen-bond acceptors (Lipinski definition) is 6. The fourth-order valence-electron chi connectivity index (χ4n) is 3.94. The first-order valence-electron chi connectivity index (χ1n) is 11.1. The maximum absolute atomic E-state index is 13.5. The van der Waals surface area contributed by atoms with Crippen molar-refractivity contribution in [2.24, 2.45) is 0 Å². The van der Waals surface area contributed by atoms with E-state index >= 15 is 0 Å². The molecule has 0 aliphatic carbocycles. The minimum atomic E-state index is -0.375. The Labute approximate surface area is 208 Å². The summed E-state index contributed by atoms with van der Waals surface area (Å²) < 4.78 is 5.60. The van der Waals surface area contributed by atoms with E-state index in [0.29, 0.717) is 44.0 Å². The molecule has 2 aromatic carbocycles. The summed E-state index contributed by atoms with van der Waals surface area (Å²) in [5.41, 5.74) is 2.14. The molecule has 0 atom stereocenters. The molecule has 176 valence electrons. The minimum absolute atomic E-state index is 0.178. The number of nitrogens with zero attached hydrogens (tertiary/aromatic N) is 2. The Bertz CT molecular complexity index is 1180. The number of para-hydroxylation sites is 1. The van der Waals surface area contributed by atoms with Crippen LogP contribution in [0.4, 0.5) is 11.4 Å². The summed E-state index contributed by atoms with van der Waals surface area (Å²) in [5.74, 6) is -0.283. The van der Waals surface area contributed by atoms with E-state index in [1.54, 1.807) is 54.5 Å². The minimum Gasteiger partial charge on any atom is -0.497 e. The summed E-state index contributed by atoms with van der Waals surface area (Å²) in [5, 5.41) is 2.80. The van der Waals surface area contributed by atoms with Gasteiger partial charge in [-0.1, -0.05) is 61.9 Å². The predicted molar refractivity (Wildman–Crippen MR) is 139 cm³/mol. The van der Waals surface area contributed by atoms with Gasteiger partial charge in [0, 0.05) is 17.8 Å². The number of carbonyl (C=O) groups is 3. The molecule has 34 heavy (non-hydrogen) atoms. The molecule has 2 heterocycles. The summed E-state index contributed by atoms with van der Waals surface area (Å²) in [6.07, 6.45) is 2.89. The smallest absolute Gasteiger partial charge is 0.267 e. The maximum atomic E-state index is 13.5. The van der Waals surface area contributed by atoms with Crippen molar-refractivity contribution in [2.45, 2.75) is 26.2 Å². The third-order valence-corrected chi connectivity index (χ3v) is 7.11. The zero-order chi connectivity index (χ0) is 24.2. The first-order chi connectivity index (χ1) is 16.4. The summed E-state index contributed by atoms with van der Waals surface area (Å²) >= 11 is 6.60. The van der Waals surface area contributed by atoms with Crippen LogP contribution in [-0.2, 0) is 14.4 Å². The quantitative estimate of drug-likeness (QED) is 0.331. The van der Waals surface area contributed by atoms with Crippen LogP contribution >= 0.6 is 24.0 Å². The van der Waals surface area contributed by atoms with Gasteiger partial charge in [-0.25, -0.2) is 0 Å². The molecule has 4 rings (SSSR count). The van der Waals surface area contributed by atoms with Crippen molar-refractivity contribution in [3.05, 3.63) is 59.0 Å². The van der Waals surface area contributed by atoms with E-state index in [4.69, 9.17) is 17.0 Å². The van der Waals surface area contributed by atoms with Gasteiger partial charge in [0.05, 0.1) is 23.3 Å². The van der Waals surface area contributed by atoms with Crippen molar-refractivity contribution >= 4 is 63.0 Å². The zero-order valence-electron chi connectivity index (χ0n) is 19.0. The number of fused-ring (bicyclic) bond motifs is 1. The van der Waals surface area contributed by atoms with E-state index in [1.807, 2.05) is 6.07 Å². The monoisotopic (exact) mass is 495 g/mol. The second-order valence-electron chi connectivity index (χ2n) is 7.92. The maximum Gasteiger partial charge on any atom is 0.267 e. The molecule has 0 saturated carbocycles. The van der Waals surface area contributed by atoms with Crippen molar-refractivity contribution in [1.82, 2.24) is 4.90 Å². The molecule has 2 aromatic rings. The summed E-state index contributed by atoms with van der Waals surface area (Å²) in [6.45, 7) is 2.46. The number of nitrogens with one attached hydrogen (secondary N) is 1. The van der Waals surface area contributed by atoms with Gasteiger partial charge in [-0.3, -0.25) is 24.2 Å². The number of methoxy groups -OCH3 is 1. The third-order valence-electron chi connectivity index (χ3n) is 5.66. The lowest BCUT2D eigenvalue weighted by molar-refractivity contribution is -0.122. The fourth-order valence-corrected chi connectivity index (χ4v) is 5.32. The number of hydrogen-bond donors (Lipinski definition) is 1. The van der Waals surface area contributed by atoms with E-state index < -0.39 is 0 Å². The average molecular weight is 496 g/mol. The highest BCUT2D eigenvalue weighted by atomic mass is 32.2. The molecule has 2 aliphatic rings. The van der Waals surface area contributed by atoms with Crippen LogP contribution in [0, 0.1) is 0 Å². The number of anilines is 2. The van der Waals surface area contributed by atoms with Crippen molar-refractivity contribution < 1.29 is 19.1 Å². The molecule has 0 aromatic heterocycles. The Kier molecular flexibility index (Phi) is 7.33. The molecule has 1 fully saturated rings. The number of carbonyl (C=O) groups excluding carboxylic acids is 3. The van der Waals surface area contributed by atoms with Crippen LogP contribution in [0.1, 0.15) is 31.7 Å². The molecule has 1 saturated heterocycles. The number of thioether (sulfide) groups is 1. The van der Waals surface area contributed by atoms with Crippen LogP contribution in [0.5, 0.6) is 5.75 Å². The van der Waals surface area contributed by atoms with E-state index in [9.17, 15) is 14.4 Å². The lowest BCUT2D eigenvalue weighted by Crippen LogP contribution is -2.35. The zero-order valence-corrected chi connectivity index (χ0v) is 20.6. The molecule has 3 amide bonds. The molecule has 0 spiro atoms. The number of benzene rings is 2. The Morgan fingerprint density at radius 2 is 1.76 bits per heavy atom. The first-order valence-corrected chi connectivity index (χ1v) is 12.3. The largest absolute Gasteiger partial charge is 0.497 e. The van der Waals surface area contributed by atoms with Gasteiger partial charge in [0.25, 0.3) is 11.8 Å². The van der Waals surface area contributed by atoms with Crippen LogP contribution in [0.15, 0.2) is 53.4 Å². The van der Waals surface area contributed by atoms with Gasteiger partial charge in [0.2, 0.25) is 5.91 Å². The highest BCUT2D eigenvalue weighted by Crippen LogP contribution is 2.44. The van der Waals surface area contributed by atoms with E-state index in [2.05, 4.69) is 12.2 Å². The van der Waals surface area contributed by atoms with Crippen LogP contribution in [0.25, 0.3) is 5.57 Å². The van der Waals surface area contributed by atoms with Gasteiger partial charge in [-0.2, -0.15) is 0 Å². The van der Waals surface area contributed by atoms with Crippen LogP contribution in [0.2, 0.25) is 0 Å². The van der Waals surface area contributed by atoms with Crippen molar-refractivity contribution in [2.75, 3.05) is 30.4 Å². The fraction of sp³-hybridized carbons (Fsp3) is 0.280. The lowest BCUT2D eigenvalue weighted by Gasteiger charge is -2.17. The van der Waals surface area contributed by atoms with E-state index in [1.165, 1.54) is 4.90 Å². The molecular weight excluding hydrogens is 470 g/mol. The van der Waals surface area contributed by atoms with Crippen LogP contribution < -0.4 is 15.0 Å². The van der Waals surface area contributed by atoms with Crippen LogP contribution in [-0.4, -0.2) is 47.1 Å². The van der Waals surface area contributed by atoms with Gasteiger partial charge in [0.15, 0.2) is 0 Å². The average Bonchev–Trinajstić information content (AvgIpc) is 3.27. The molecule has 0 bridgehead atoms. The number of thiocarbonyl (C=S) groups is 1. The van der Waals surface area contributed by atoms with Gasteiger partial charge < -0.3 is 10.1 Å². The van der Waals surface area contributed by atoms with Crippen molar-refractivity contribution in [3.63, 3.8) is 0 Å². The molecule has 7 nitrogen and oxygen atoms in total. The number of amides is 3. The second-order valence-corrected chi connectivity index (χ2v) is 9.57. The summed E-state index contributed by atoms with van der Waals surface area (Å²) in [6, 6.07) is 14.1. The molecule has 2 aliphatic heterocycles. The highest BCUT2D eigenvalue weighted by molar-refractivity contribution is 8.26. The summed E-state index contributed by atoms with van der Waals surface area (Å²) in [4.78, 5) is 42.7. The number of ether oxygens (including phenoxy) is 1. The molecule has 0 radical (unpaired) electrons. The Balaban J connectivity index is 1.57. The SMILES string of the molecule is CCCCCN1C(=O)C(=C2C(=O)N(CC(=O)Nc3ccc(OC)cc3)c3ccccc32)SC1=S. The standard InChI is InChI=1S/C25H25N3O4S2/c1-3-4-7-14-27-24(31)22(34-25(27)33)21-18-8-5-6-9-19(18)28(23(21)30)15-20(29)26-16-10-12-17(32-2)13-11-16/h5-6,8-13H,3-4,7,14-15H2,1-2H3,(H,26,29). The molecular formula is C25H25N3O4S2. The highest BCUT2D eigenvalue weighted by Gasteiger charge is 2.42. The third kappa shape index (κ3) is 4.71. The summed E-state index contributed by atoms with van der Waals surface area (Å²) in [7, 11) is 1.57. The van der Waals surface area contributed by atoms with Crippen molar-refractivity contribution in [1.29, 1.82) is 0 Å². The van der Waals surface area contributed by atoms with Crippen molar-refractivity contribution in [3.8, 4) is 5.75 Å². The Hall–Kier alpha value is -3.17. The first kappa shape index (κ1) is 24.0. The van der Waals surface area contributed by atoms with Gasteiger partial charge in [-0.15, -0.1) is 0 Å². The molecule has 9 heteroatoms. The lowest BCUT2D eigenvalue weighted by atomic mass is 10.1. The number of rotatable bonds is 8. The van der Waals surface area contributed by atoms with E-state index in [0.717, 1.165) is 31.0 Å². The topological polar surface area (TPSA) is 79.0 Å². The van der Waals surface area contributed by atoms with Gasteiger partial charge in [-0.05, 0) is 36.8 Å². The van der Waals surface area contributed by atoms with E-state index in [-0.39, 0.29) is 24.3 Å². The number of unbranched alkanes of at least 4 members (excludes halogenated alkanes) is 2. The second kappa shape index (κ2) is 10.4. The van der Waals surface area contributed by atoms with Crippen LogP contribution in [0.3, 0.4) is 0 Å². The van der Waals surface area contributed by atoms with Gasteiger partial charge in [0.1, 0.15) is 16.6 Å². The molecule has 1 N–H and O–H groups in total. The Morgan fingerprint density at radius 3 is 2.47 bits per heavy atom. The van der Waals surface area contributed by atoms with Gasteiger partial charge >= 0.3 is 0 Å².